The third-order valence-corrected chi connectivity index (χ3v) is 4.98. The number of halogens is 1. The summed E-state index contributed by atoms with van der Waals surface area (Å²) >= 11 is 7.42. The summed E-state index contributed by atoms with van der Waals surface area (Å²) in [5.74, 6) is -0.467. The van der Waals surface area contributed by atoms with Crippen LogP contribution in [0.15, 0.2) is 30.3 Å². The van der Waals surface area contributed by atoms with Gasteiger partial charge in [0.25, 0.3) is 5.91 Å². The molecule has 0 unspecified atom stereocenters. The Morgan fingerprint density at radius 2 is 1.92 bits per heavy atom. The van der Waals surface area contributed by atoms with Crippen LogP contribution in [0.2, 0.25) is 0 Å². The number of aryl methyl sites for hydroxylation is 2. The smallest absolute Gasteiger partial charge is 0.311 e. The molecule has 0 bridgehead atoms. The number of nitrogens with one attached hydrogen (secondary N) is 2. The summed E-state index contributed by atoms with van der Waals surface area (Å²) in [4.78, 5) is 22.8. The highest BCUT2D eigenvalue weighted by molar-refractivity contribution is 14.1. The molecule has 0 aliphatic rings. The summed E-state index contributed by atoms with van der Waals surface area (Å²) < 4.78 is 6.05. The van der Waals surface area contributed by atoms with E-state index < -0.39 is 10.8 Å². The van der Waals surface area contributed by atoms with E-state index in [9.17, 15) is 14.9 Å². The number of anilines is 1. The zero-order valence-electron chi connectivity index (χ0n) is 14.3. The molecule has 0 spiro atoms. The van der Waals surface area contributed by atoms with Crippen molar-refractivity contribution in [2.45, 2.75) is 13.8 Å². The Labute approximate surface area is 169 Å². The van der Waals surface area contributed by atoms with Crippen molar-refractivity contribution >= 4 is 57.2 Å². The molecule has 7 nitrogen and oxygen atoms in total. The SMILES string of the molecule is COc1ccc(C(=O)NC(=S)Nc2cc(C)c(I)cc2C)cc1[N+](=O)[O-]. The lowest BCUT2D eigenvalue weighted by molar-refractivity contribution is -0.385. The van der Waals surface area contributed by atoms with E-state index in [0.29, 0.717) is 0 Å². The van der Waals surface area contributed by atoms with Gasteiger partial charge in [0.1, 0.15) is 0 Å². The van der Waals surface area contributed by atoms with E-state index in [1.807, 2.05) is 26.0 Å². The van der Waals surface area contributed by atoms with Gasteiger partial charge in [-0.1, -0.05) is 0 Å². The normalized spacial score (nSPS) is 10.2. The lowest BCUT2D eigenvalue weighted by Crippen LogP contribution is -2.34. The Morgan fingerprint density at radius 1 is 1.23 bits per heavy atom. The summed E-state index contributed by atoms with van der Waals surface area (Å²) in [6.07, 6.45) is 0. The molecule has 2 N–H and O–H groups in total. The number of benzene rings is 2. The van der Waals surface area contributed by atoms with Crippen LogP contribution in [-0.2, 0) is 0 Å². The Kier molecular flexibility index (Phi) is 6.48. The maximum absolute atomic E-state index is 12.3. The predicted molar refractivity (Wildman–Crippen MR) is 112 cm³/mol. The van der Waals surface area contributed by atoms with Gasteiger partial charge in [-0.05, 0) is 84.0 Å². The van der Waals surface area contributed by atoms with E-state index in [2.05, 4.69) is 33.2 Å². The first-order chi connectivity index (χ1) is 12.2. The minimum atomic E-state index is -0.607. The van der Waals surface area contributed by atoms with Gasteiger partial charge in [-0.15, -0.1) is 0 Å². The second kappa shape index (κ2) is 8.41. The molecule has 2 rings (SSSR count). The highest BCUT2D eigenvalue weighted by atomic mass is 127. The van der Waals surface area contributed by atoms with E-state index in [1.54, 1.807) is 0 Å². The fraction of sp³-hybridized carbons (Fsp3) is 0.176. The fourth-order valence-electron chi connectivity index (χ4n) is 2.22. The maximum atomic E-state index is 12.3. The molecule has 0 fully saturated rings. The van der Waals surface area contributed by atoms with Gasteiger partial charge in [0.2, 0.25) is 0 Å². The minimum Gasteiger partial charge on any atom is -0.490 e. The Morgan fingerprint density at radius 3 is 2.54 bits per heavy atom. The van der Waals surface area contributed by atoms with Crippen LogP contribution in [0, 0.1) is 27.5 Å². The number of amides is 1. The van der Waals surface area contributed by atoms with E-state index >= 15 is 0 Å². The lowest BCUT2D eigenvalue weighted by atomic mass is 10.1. The molecule has 1 amide bonds. The number of ether oxygens (including phenoxy) is 1. The number of hydrogen-bond acceptors (Lipinski definition) is 5. The Hall–Kier alpha value is -2.27. The van der Waals surface area contributed by atoms with Crippen molar-refractivity contribution < 1.29 is 14.5 Å². The summed E-state index contributed by atoms with van der Waals surface area (Å²) in [5.41, 5.74) is 2.67. The number of methoxy groups -OCH3 is 1. The van der Waals surface area contributed by atoms with Crippen LogP contribution >= 0.6 is 34.8 Å². The summed E-state index contributed by atoms with van der Waals surface area (Å²) in [5, 5.41) is 16.7. The minimum absolute atomic E-state index is 0.0808. The molecule has 0 aromatic heterocycles. The number of nitrogens with zero attached hydrogens (tertiary/aromatic N) is 1. The maximum Gasteiger partial charge on any atom is 0.311 e. The molecule has 26 heavy (non-hydrogen) atoms. The summed E-state index contributed by atoms with van der Waals surface area (Å²) in [6, 6.07) is 7.90. The third kappa shape index (κ3) is 4.67. The van der Waals surface area contributed by atoms with Gasteiger partial charge in [0, 0.05) is 20.9 Å². The molecule has 0 aliphatic heterocycles. The highest BCUT2D eigenvalue weighted by Crippen LogP contribution is 2.27. The summed E-state index contributed by atoms with van der Waals surface area (Å²) in [7, 11) is 1.33. The molecular weight excluding hydrogens is 469 g/mol. The number of nitro groups is 1. The van der Waals surface area contributed by atoms with Crippen molar-refractivity contribution in [3.05, 3.63) is 60.7 Å². The van der Waals surface area contributed by atoms with Gasteiger partial charge in [0.05, 0.1) is 12.0 Å². The molecule has 2 aromatic rings. The van der Waals surface area contributed by atoms with E-state index in [0.717, 1.165) is 26.5 Å². The monoisotopic (exact) mass is 485 g/mol. The number of thiocarbonyl (C=S) groups is 1. The van der Waals surface area contributed by atoms with Crippen LogP contribution in [0.5, 0.6) is 5.75 Å². The van der Waals surface area contributed by atoms with Crippen LogP contribution in [0.4, 0.5) is 11.4 Å². The van der Waals surface area contributed by atoms with Crippen LogP contribution in [0.25, 0.3) is 0 Å². The molecule has 2 aromatic carbocycles. The first kappa shape index (κ1) is 20.0. The standard InChI is InChI=1S/C17H16IN3O4S/c1-9-7-13(10(2)6-12(9)18)19-17(26)20-16(22)11-4-5-15(25-3)14(8-11)21(23)24/h4-8H,1-3H3,(H2,19,20,22,26). The van der Waals surface area contributed by atoms with Gasteiger partial charge in [-0.25, -0.2) is 0 Å². The third-order valence-electron chi connectivity index (χ3n) is 3.62. The largest absolute Gasteiger partial charge is 0.490 e. The van der Waals surface area contributed by atoms with Crippen molar-refractivity contribution in [2.75, 3.05) is 12.4 Å². The second-order valence-electron chi connectivity index (χ2n) is 5.47. The summed E-state index contributed by atoms with van der Waals surface area (Å²) in [6.45, 7) is 3.91. The van der Waals surface area contributed by atoms with Gasteiger partial charge in [-0.3, -0.25) is 20.2 Å². The predicted octanol–water partition coefficient (Wildman–Crippen LogP) is 3.95. The molecule has 9 heteroatoms. The molecular formula is C17H16IN3O4S. The van der Waals surface area contributed by atoms with Gasteiger partial charge >= 0.3 is 5.69 Å². The average molecular weight is 485 g/mol. The molecule has 0 saturated carbocycles. The number of carbonyl (C=O) groups is 1. The fourth-order valence-corrected chi connectivity index (χ4v) is 3.04. The number of rotatable bonds is 4. The Balaban J connectivity index is 2.15. The average Bonchev–Trinajstić information content (AvgIpc) is 2.58. The highest BCUT2D eigenvalue weighted by Gasteiger charge is 2.18. The first-order valence-corrected chi connectivity index (χ1v) is 8.93. The molecule has 136 valence electrons. The van der Waals surface area contributed by atoms with Crippen molar-refractivity contribution in [1.29, 1.82) is 0 Å². The van der Waals surface area contributed by atoms with Crippen LogP contribution in [0.1, 0.15) is 21.5 Å². The van der Waals surface area contributed by atoms with E-state index in [-0.39, 0.29) is 22.1 Å². The van der Waals surface area contributed by atoms with Crippen molar-refractivity contribution in [3.8, 4) is 5.75 Å². The van der Waals surface area contributed by atoms with Crippen molar-refractivity contribution in [1.82, 2.24) is 5.32 Å². The first-order valence-electron chi connectivity index (χ1n) is 7.44. The molecule has 0 saturated heterocycles. The zero-order valence-corrected chi connectivity index (χ0v) is 17.2. The van der Waals surface area contributed by atoms with Crippen LogP contribution in [0.3, 0.4) is 0 Å². The van der Waals surface area contributed by atoms with Gasteiger partial charge in [0.15, 0.2) is 10.9 Å². The van der Waals surface area contributed by atoms with E-state index in [1.165, 1.54) is 19.2 Å². The van der Waals surface area contributed by atoms with Crippen molar-refractivity contribution in [2.24, 2.45) is 0 Å². The van der Waals surface area contributed by atoms with Crippen LogP contribution < -0.4 is 15.4 Å². The van der Waals surface area contributed by atoms with Crippen molar-refractivity contribution in [3.63, 3.8) is 0 Å². The molecule has 0 aliphatic carbocycles. The lowest BCUT2D eigenvalue weighted by Gasteiger charge is -2.13. The topological polar surface area (TPSA) is 93.5 Å². The molecule has 0 atom stereocenters. The number of nitro benzene ring substituents is 1. The van der Waals surface area contributed by atoms with Gasteiger partial charge < -0.3 is 10.1 Å². The number of carbonyl (C=O) groups excluding carboxylic acids is 1. The second-order valence-corrected chi connectivity index (χ2v) is 7.04. The Bertz CT molecular complexity index is 902. The quantitative estimate of drug-likeness (QED) is 0.295. The molecule has 0 radical (unpaired) electrons. The van der Waals surface area contributed by atoms with Crippen LogP contribution in [-0.4, -0.2) is 23.1 Å². The number of hydrogen-bond donors (Lipinski definition) is 2. The molecule has 0 heterocycles. The van der Waals surface area contributed by atoms with E-state index in [4.69, 9.17) is 17.0 Å². The zero-order chi connectivity index (χ0) is 19.4. The van der Waals surface area contributed by atoms with Gasteiger partial charge in [-0.2, -0.15) is 0 Å².